The van der Waals surface area contributed by atoms with Gasteiger partial charge in [-0.3, -0.25) is 4.79 Å². The van der Waals surface area contributed by atoms with Crippen LogP contribution in [0.3, 0.4) is 0 Å². The Morgan fingerprint density at radius 2 is 1.90 bits per heavy atom. The van der Waals surface area contributed by atoms with Crippen molar-refractivity contribution in [2.24, 2.45) is 0 Å². The van der Waals surface area contributed by atoms with Crippen LogP contribution in [0.15, 0.2) is 24.3 Å². The maximum atomic E-state index is 10.1. The number of carbonyl (C=O) groups is 1. The fourth-order valence-electron chi connectivity index (χ4n) is 0.587. The van der Waals surface area contributed by atoms with E-state index in [4.69, 9.17) is 5.11 Å². The number of aldehydes is 1. The molecule has 1 aromatic carbocycles. The predicted octanol–water partition coefficient (Wildman–Crippen LogP) is 1.20. The molecule has 0 fully saturated rings. The van der Waals surface area contributed by atoms with E-state index < -0.39 is 0 Å². The van der Waals surface area contributed by atoms with E-state index in [-0.39, 0.29) is 25.2 Å². The van der Waals surface area contributed by atoms with Gasteiger partial charge in [-0.15, -0.1) is 0 Å². The average molecular weight is 188 g/mol. The number of hydrogen-bond acceptors (Lipinski definition) is 2. The summed E-state index contributed by atoms with van der Waals surface area (Å²) in [5.74, 6) is 0.0347. The van der Waals surface area contributed by atoms with Crippen LogP contribution in [0.1, 0.15) is 10.4 Å². The van der Waals surface area contributed by atoms with E-state index in [0.29, 0.717) is 11.8 Å². The minimum absolute atomic E-state index is 0. The van der Waals surface area contributed by atoms with E-state index in [2.05, 4.69) is 0 Å². The Kier molecular flexibility index (Phi) is 3.89. The molecule has 10 heavy (non-hydrogen) atoms. The van der Waals surface area contributed by atoms with Gasteiger partial charge in [-0.1, -0.05) is 12.1 Å². The third-order valence-electron chi connectivity index (χ3n) is 1.06. The maximum absolute atomic E-state index is 10.1. The average Bonchev–Trinajstić information content (AvgIpc) is 1.89. The molecule has 0 atom stereocenters. The molecule has 0 aromatic heterocycles. The molecule has 1 aromatic rings. The molecule has 0 aliphatic heterocycles. The molecule has 0 aliphatic rings. The van der Waals surface area contributed by atoms with Crippen LogP contribution in [0.4, 0.5) is 0 Å². The van der Waals surface area contributed by atoms with Crippen LogP contribution in [0.2, 0.25) is 0 Å². The summed E-state index contributed by atoms with van der Waals surface area (Å²) in [6.45, 7) is 0. The first-order valence-electron chi connectivity index (χ1n) is 2.58. The summed E-state index contributed by atoms with van der Waals surface area (Å²) in [5.41, 5.74) is 0.331. The number of aromatic hydroxyl groups is 1. The van der Waals surface area contributed by atoms with Crippen LogP contribution in [0, 0.1) is 0 Å². The molecule has 0 radical (unpaired) electrons. The molecule has 1 rings (SSSR count). The van der Waals surface area contributed by atoms with E-state index >= 15 is 0 Å². The number of para-hydroxylation sites is 1. The molecule has 1 N–H and O–H groups in total. The van der Waals surface area contributed by atoms with Crippen molar-refractivity contribution in [3.05, 3.63) is 29.8 Å². The Hall–Kier alpha value is -0.687. The Morgan fingerprint density at radius 3 is 2.30 bits per heavy atom. The SMILES string of the molecule is O=Cc1ccccc1O.[Zn]. The van der Waals surface area contributed by atoms with Crippen molar-refractivity contribution >= 4 is 6.29 Å². The van der Waals surface area contributed by atoms with Crippen molar-refractivity contribution in [2.75, 3.05) is 0 Å². The standard InChI is InChI=1S/C7H6O2.Zn/c8-5-6-3-1-2-4-7(6)9;/h1-5,9H;. The van der Waals surface area contributed by atoms with E-state index in [9.17, 15) is 4.79 Å². The largest absolute Gasteiger partial charge is 0.507 e. The molecule has 2 nitrogen and oxygen atoms in total. The zero-order valence-electron chi connectivity index (χ0n) is 5.45. The summed E-state index contributed by atoms with van der Waals surface area (Å²) in [4.78, 5) is 10.1. The van der Waals surface area contributed by atoms with E-state index in [1.165, 1.54) is 6.07 Å². The van der Waals surface area contributed by atoms with Crippen molar-refractivity contribution in [2.45, 2.75) is 0 Å². The van der Waals surface area contributed by atoms with Crippen LogP contribution in [-0.4, -0.2) is 11.4 Å². The molecular weight excluding hydrogens is 181 g/mol. The molecule has 0 bridgehead atoms. The second-order valence-electron chi connectivity index (χ2n) is 1.68. The fraction of sp³-hybridized carbons (Fsp3) is 0. The van der Waals surface area contributed by atoms with Crippen molar-refractivity contribution in [1.82, 2.24) is 0 Å². The second kappa shape index (κ2) is 4.18. The molecule has 3 heteroatoms. The minimum atomic E-state index is 0. The zero-order chi connectivity index (χ0) is 6.69. The van der Waals surface area contributed by atoms with Gasteiger partial charge in [-0.05, 0) is 12.1 Å². The maximum Gasteiger partial charge on any atom is 0.153 e. The van der Waals surface area contributed by atoms with Gasteiger partial charge in [-0.2, -0.15) is 0 Å². The van der Waals surface area contributed by atoms with Crippen LogP contribution in [-0.2, 0) is 19.5 Å². The summed E-state index contributed by atoms with van der Waals surface area (Å²) in [5, 5.41) is 8.88. The van der Waals surface area contributed by atoms with Gasteiger partial charge in [0.05, 0.1) is 5.56 Å². The predicted molar refractivity (Wildman–Crippen MR) is 33.5 cm³/mol. The zero-order valence-corrected chi connectivity index (χ0v) is 8.42. The molecule has 0 saturated heterocycles. The molecule has 0 saturated carbocycles. The number of hydrogen-bond donors (Lipinski definition) is 1. The molecule has 0 aliphatic carbocycles. The first-order valence-corrected chi connectivity index (χ1v) is 2.58. The summed E-state index contributed by atoms with van der Waals surface area (Å²) < 4.78 is 0. The summed E-state index contributed by atoms with van der Waals surface area (Å²) in [6, 6.07) is 6.40. The van der Waals surface area contributed by atoms with E-state index in [0.717, 1.165) is 0 Å². The molecule has 0 spiro atoms. The Balaban J connectivity index is 0.000000810. The quantitative estimate of drug-likeness (QED) is 0.530. The normalized spacial score (nSPS) is 8.00. The molecular formula is C7H6O2Zn. The summed E-state index contributed by atoms with van der Waals surface area (Å²) >= 11 is 0. The van der Waals surface area contributed by atoms with E-state index in [1.807, 2.05) is 0 Å². The number of phenols is 1. The molecule has 0 amide bonds. The van der Waals surface area contributed by atoms with Crippen molar-refractivity contribution in [1.29, 1.82) is 0 Å². The number of carbonyl (C=O) groups excluding carboxylic acids is 1. The van der Waals surface area contributed by atoms with Crippen LogP contribution in [0.5, 0.6) is 5.75 Å². The van der Waals surface area contributed by atoms with Gasteiger partial charge >= 0.3 is 0 Å². The first-order chi connectivity index (χ1) is 4.34. The van der Waals surface area contributed by atoms with Gasteiger partial charge in [-0.25, -0.2) is 0 Å². The van der Waals surface area contributed by atoms with Crippen LogP contribution >= 0.6 is 0 Å². The smallest absolute Gasteiger partial charge is 0.153 e. The van der Waals surface area contributed by atoms with Gasteiger partial charge in [0.25, 0.3) is 0 Å². The van der Waals surface area contributed by atoms with Crippen molar-refractivity contribution < 1.29 is 29.4 Å². The van der Waals surface area contributed by atoms with Gasteiger partial charge in [0.1, 0.15) is 5.75 Å². The first kappa shape index (κ1) is 9.31. The van der Waals surface area contributed by atoms with Crippen LogP contribution < -0.4 is 0 Å². The van der Waals surface area contributed by atoms with Gasteiger partial charge in [0, 0.05) is 19.5 Å². The van der Waals surface area contributed by atoms with Gasteiger partial charge < -0.3 is 5.11 Å². The topological polar surface area (TPSA) is 37.3 Å². The van der Waals surface area contributed by atoms with Crippen LogP contribution in [0.25, 0.3) is 0 Å². The minimum Gasteiger partial charge on any atom is -0.507 e. The Bertz CT molecular complexity index is 223. The summed E-state index contributed by atoms with van der Waals surface area (Å²) in [6.07, 6.45) is 0.620. The Labute approximate surface area is 71.6 Å². The third-order valence-corrected chi connectivity index (χ3v) is 1.06. The molecule has 48 valence electrons. The number of rotatable bonds is 1. The van der Waals surface area contributed by atoms with E-state index in [1.54, 1.807) is 18.2 Å². The summed E-state index contributed by atoms with van der Waals surface area (Å²) in [7, 11) is 0. The van der Waals surface area contributed by atoms with Gasteiger partial charge in [0.2, 0.25) is 0 Å². The monoisotopic (exact) mass is 186 g/mol. The van der Waals surface area contributed by atoms with Crippen molar-refractivity contribution in [3.8, 4) is 5.75 Å². The Morgan fingerprint density at radius 1 is 1.30 bits per heavy atom. The van der Waals surface area contributed by atoms with Crippen molar-refractivity contribution in [3.63, 3.8) is 0 Å². The molecule has 0 unspecified atom stereocenters. The number of phenolic OH excluding ortho intramolecular Hbond substituents is 1. The fourth-order valence-corrected chi connectivity index (χ4v) is 0.587. The second-order valence-corrected chi connectivity index (χ2v) is 1.68. The third kappa shape index (κ3) is 1.92. The molecule has 0 heterocycles. The van der Waals surface area contributed by atoms with Gasteiger partial charge in [0.15, 0.2) is 6.29 Å². The number of benzene rings is 1.